The smallest absolute Gasteiger partial charge is 0.233 e. The van der Waals surface area contributed by atoms with Gasteiger partial charge in [0.1, 0.15) is 0 Å². The van der Waals surface area contributed by atoms with Gasteiger partial charge in [0, 0.05) is 18.0 Å². The molecule has 0 aliphatic heterocycles. The van der Waals surface area contributed by atoms with Crippen molar-refractivity contribution in [3.05, 3.63) is 0 Å². The molecule has 0 heterocycles. The quantitative estimate of drug-likeness (QED) is 0.328. The van der Waals surface area contributed by atoms with Crippen LogP contribution in [-0.4, -0.2) is 41.1 Å². The van der Waals surface area contributed by atoms with Gasteiger partial charge in [-0.2, -0.15) is 0 Å². The minimum Gasteiger partial charge on any atom is -0.394 e. The molecule has 0 saturated heterocycles. The van der Waals surface area contributed by atoms with Gasteiger partial charge in [0.15, 0.2) is 0 Å². The van der Waals surface area contributed by atoms with Gasteiger partial charge in [0.2, 0.25) is 5.91 Å². The largest absolute Gasteiger partial charge is 0.394 e. The third-order valence-electron chi connectivity index (χ3n) is 2.95. The van der Waals surface area contributed by atoms with Crippen LogP contribution in [0.4, 0.5) is 0 Å². The van der Waals surface area contributed by atoms with Crippen molar-refractivity contribution >= 4 is 5.91 Å². The lowest BCUT2D eigenvalue weighted by atomic mass is 10.0. The first kappa shape index (κ1) is 14.3. The van der Waals surface area contributed by atoms with Gasteiger partial charge in [-0.05, 0) is 34.2 Å². The molecule has 0 bridgehead atoms. The Morgan fingerprint density at radius 2 is 2.13 bits per heavy atom. The van der Waals surface area contributed by atoms with Crippen LogP contribution in [0.2, 0.25) is 0 Å². The molecule has 0 aromatic heterocycles. The van der Waals surface area contributed by atoms with E-state index in [1.165, 1.54) is 0 Å². The number of rotatable bonds is 6. The summed E-state index contributed by atoms with van der Waals surface area (Å²) in [6.45, 7) is 6.05. The number of nitrogens with one attached hydrogen (secondary N) is 1. The van der Waals surface area contributed by atoms with Gasteiger partial charge in [-0.1, -0.05) is 0 Å². The molecule has 4 N–H and O–H groups in total. The number of hydrogen-bond donors (Lipinski definition) is 3. The fraction of sp³-hybridized carbons (Fsp3) is 0.900. The minimum atomic E-state index is -0.265. The predicted octanol–water partition coefficient (Wildman–Crippen LogP) is -0.152. The average Bonchev–Trinajstić information content (AvgIpc) is 2.23. The molecule has 1 amide bonds. The van der Waals surface area contributed by atoms with E-state index in [1.807, 2.05) is 27.8 Å². The molecule has 0 rings (SSSR count). The highest BCUT2D eigenvalue weighted by atomic mass is 16.3. The van der Waals surface area contributed by atoms with Crippen LogP contribution in [0.5, 0.6) is 0 Å². The van der Waals surface area contributed by atoms with Crippen molar-refractivity contribution in [3.8, 4) is 0 Å². The second-order valence-corrected chi connectivity index (χ2v) is 4.54. The zero-order valence-electron chi connectivity index (χ0n) is 10.1. The maximum atomic E-state index is 11.0. The van der Waals surface area contributed by atoms with Crippen LogP contribution in [0.3, 0.4) is 0 Å². The van der Waals surface area contributed by atoms with Gasteiger partial charge in [-0.3, -0.25) is 15.1 Å². The second-order valence-electron chi connectivity index (χ2n) is 4.54. The molecule has 0 aromatic rings. The van der Waals surface area contributed by atoms with E-state index in [0.29, 0.717) is 6.42 Å². The Hall–Kier alpha value is -0.650. The molecule has 1 atom stereocenters. The summed E-state index contributed by atoms with van der Waals surface area (Å²) in [6.07, 6.45) is 1.13. The van der Waals surface area contributed by atoms with Crippen molar-refractivity contribution in [2.24, 2.45) is 5.84 Å². The zero-order valence-corrected chi connectivity index (χ0v) is 10.1. The molecular weight excluding hydrogens is 194 g/mol. The van der Waals surface area contributed by atoms with Crippen molar-refractivity contribution in [2.45, 2.75) is 45.2 Å². The Morgan fingerprint density at radius 3 is 2.53 bits per heavy atom. The highest BCUT2D eigenvalue weighted by Gasteiger charge is 2.26. The molecule has 15 heavy (non-hydrogen) atoms. The van der Waals surface area contributed by atoms with Crippen molar-refractivity contribution in [1.29, 1.82) is 0 Å². The van der Waals surface area contributed by atoms with Gasteiger partial charge in [0.25, 0.3) is 0 Å². The van der Waals surface area contributed by atoms with Gasteiger partial charge in [-0.25, -0.2) is 5.84 Å². The zero-order chi connectivity index (χ0) is 12.1. The van der Waals surface area contributed by atoms with Crippen LogP contribution in [0.1, 0.15) is 33.6 Å². The molecule has 0 aliphatic carbocycles. The number of likely N-dealkylation sites (N-methyl/N-ethyl adjacent to an activating group) is 1. The fourth-order valence-corrected chi connectivity index (χ4v) is 1.31. The Labute approximate surface area is 91.6 Å². The van der Waals surface area contributed by atoms with E-state index in [1.54, 1.807) is 0 Å². The number of amides is 1. The topological polar surface area (TPSA) is 78.6 Å². The standard InChI is InChI=1S/C10H23N3O2/c1-8(5-6-9(15)12-11)13(4)10(2,3)7-14/h8,14H,5-7,11H2,1-4H3,(H,12,15). The van der Waals surface area contributed by atoms with E-state index in [2.05, 4.69) is 10.3 Å². The monoisotopic (exact) mass is 217 g/mol. The highest BCUT2D eigenvalue weighted by Crippen LogP contribution is 2.17. The van der Waals surface area contributed by atoms with E-state index in [9.17, 15) is 9.90 Å². The summed E-state index contributed by atoms with van der Waals surface area (Å²) in [5, 5.41) is 9.20. The molecule has 0 spiro atoms. The molecule has 5 heteroatoms. The molecule has 0 radical (unpaired) electrons. The molecule has 90 valence electrons. The summed E-state index contributed by atoms with van der Waals surface area (Å²) < 4.78 is 0. The third kappa shape index (κ3) is 4.59. The number of carbonyl (C=O) groups is 1. The lowest BCUT2D eigenvalue weighted by molar-refractivity contribution is -0.121. The van der Waals surface area contributed by atoms with Crippen molar-refractivity contribution < 1.29 is 9.90 Å². The second kappa shape index (κ2) is 6.05. The lowest BCUT2D eigenvalue weighted by Crippen LogP contribution is -2.49. The van der Waals surface area contributed by atoms with Crippen molar-refractivity contribution in [1.82, 2.24) is 10.3 Å². The molecule has 0 aliphatic rings. The van der Waals surface area contributed by atoms with Crippen LogP contribution >= 0.6 is 0 Å². The Kier molecular flexibility index (Phi) is 5.79. The van der Waals surface area contributed by atoms with Gasteiger partial charge in [0.05, 0.1) is 6.61 Å². The lowest BCUT2D eigenvalue weighted by Gasteiger charge is -2.38. The van der Waals surface area contributed by atoms with E-state index in [0.717, 1.165) is 6.42 Å². The molecular formula is C10H23N3O2. The third-order valence-corrected chi connectivity index (χ3v) is 2.95. The summed E-state index contributed by atoms with van der Waals surface area (Å²) in [5.41, 5.74) is 1.84. The molecule has 0 aromatic carbocycles. The molecule has 5 nitrogen and oxygen atoms in total. The van der Waals surface area contributed by atoms with Crippen LogP contribution in [-0.2, 0) is 4.79 Å². The average molecular weight is 217 g/mol. The van der Waals surface area contributed by atoms with Crippen LogP contribution in [0.15, 0.2) is 0 Å². The Balaban J connectivity index is 4.10. The summed E-state index contributed by atoms with van der Waals surface area (Å²) in [5.74, 6) is 4.84. The van der Waals surface area contributed by atoms with E-state index in [-0.39, 0.29) is 24.1 Å². The Bertz CT molecular complexity index is 207. The number of hydrazine groups is 1. The number of nitrogens with zero attached hydrogens (tertiary/aromatic N) is 1. The van der Waals surface area contributed by atoms with Crippen molar-refractivity contribution in [3.63, 3.8) is 0 Å². The van der Waals surface area contributed by atoms with Gasteiger partial charge >= 0.3 is 0 Å². The van der Waals surface area contributed by atoms with E-state index in [4.69, 9.17) is 5.84 Å². The highest BCUT2D eigenvalue weighted by molar-refractivity contribution is 5.75. The van der Waals surface area contributed by atoms with E-state index >= 15 is 0 Å². The van der Waals surface area contributed by atoms with Crippen molar-refractivity contribution in [2.75, 3.05) is 13.7 Å². The maximum Gasteiger partial charge on any atom is 0.233 e. The molecule has 0 fully saturated rings. The SMILES string of the molecule is CC(CCC(=O)NN)N(C)C(C)(C)CO. The van der Waals surface area contributed by atoms with Gasteiger partial charge in [-0.15, -0.1) is 0 Å². The molecule has 1 unspecified atom stereocenters. The normalized spacial score (nSPS) is 14.1. The van der Waals surface area contributed by atoms with Crippen LogP contribution in [0, 0.1) is 0 Å². The van der Waals surface area contributed by atoms with Crippen LogP contribution < -0.4 is 11.3 Å². The first-order valence-corrected chi connectivity index (χ1v) is 5.18. The maximum absolute atomic E-state index is 11.0. The van der Waals surface area contributed by atoms with E-state index < -0.39 is 0 Å². The van der Waals surface area contributed by atoms with Crippen LogP contribution in [0.25, 0.3) is 0 Å². The Morgan fingerprint density at radius 1 is 1.60 bits per heavy atom. The number of hydrogen-bond acceptors (Lipinski definition) is 4. The molecule has 0 saturated carbocycles. The number of carbonyl (C=O) groups excluding carboxylic acids is 1. The number of aliphatic hydroxyl groups is 1. The fourth-order valence-electron chi connectivity index (χ4n) is 1.31. The summed E-state index contributed by atoms with van der Waals surface area (Å²) >= 11 is 0. The first-order chi connectivity index (χ1) is 6.85. The first-order valence-electron chi connectivity index (χ1n) is 5.18. The number of aliphatic hydroxyl groups excluding tert-OH is 1. The predicted molar refractivity (Wildman–Crippen MR) is 60.0 cm³/mol. The number of nitrogens with two attached hydrogens (primary N) is 1. The summed E-state index contributed by atoms with van der Waals surface area (Å²) in [6, 6.07) is 0.226. The summed E-state index contributed by atoms with van der Waals surface area (Å²) in [7, 11) is 1.95. The minimum absolute atomic E-state index is 0.0942. The van der Waals surface area contributed by atoms with Gasteiger partial charge < -0.3 is 5.11 Å². The summed E-state index contributed by atoms with van der Waals surface area (Å²) in [4.78, 5) is 13.0.